The smallest absolute Gasteiger partial charge is 0.310 e. The molecule has 1 aromatic rings. The molecule has 4 nitrogen and oxygen atoms in total. The second-order valence-electron chi connectivity index (χ2n) is 5.91. The quantitative estimate of drug-likeness (QED) is 0.338. The Morgan fingerprint density at radius 1 is 0.808 bits per heavy atom. The maximum atomic E-state index is 13.6. The maximum absolute atomic E-state index is 13.6. The molecule has 26 heavy (non-hydrogen) atoms. The Hall–Kier alpha value is -2.19. The summed E-state index contributed by atoms with van der Waals surface area (Å²) in [5.41, 5.74) is -1.24. The van der Waals surface area contributed by atoms with Crippen LogP contribution in [0.3, 0.4) is 0 Å². The largest absolute Gasteiger partial charge is 0.466 e. The van der Waals surface area contributed by atoms with Crippen molar-refractivity contribution in [1.29, 1.82) is 0 Å². The van der Waals surface area contributed by atoms with Crippen molar-refractivity contribution < 1.29 is 41.0 Å². The van der Waals surface area contributed by atoms with Crippen molar-refractivity contribution in [3.63, 3.8) is 0 Å². The molecule has 1 aliphatic rings. The zero-order valence-electron chi connectivity index (χ0n) is 13.9. The van der Waals surface area contributed by atoms with E-state index in [1.54, 1.807) is 6.92 Å². The van der Waals surface area contributed by atoms with Crippen molar-refractivity contribution in [3.8, 4) is 0 Å². The molecule has 0 spiro atoms. The molecule has 0 heterocycles. The number of carbonyl (C=O) groups excluding carboxylic acids is 2. The highest BCUT2D eigenvalue weighted by molar-refractivity contribution is 5.82. The van der Waals surface area contributed by atoms with Gasteiger partial charge >= 0.3 is 11.9 Å². The van der Waals surface area contributed by atoms with Crippen molar-refractivity contribution in [2.45, 2.75) is 39.2 Å². The van der Waals surface area contributed by atoms with Crippen molar-refractivity contribution in [1.82, 2.24) is 0 Å². The van der Waals surface area contributed by atoms with Crippen molar-refractivity contribution in [3.05, 3.63) is 34.6 Å². The molecule has 1 fully saturated rings. The van der Waals surface area contributed by atoms with E-state index in [0.717, 1.165) is 0 Å². The second kappa shape index (κ2) is 8.46. The lowest BCUT2D eigenvalue weighted by Crippen LogP contribution is -2.35. The Balaban J connectivity index is 2.14. The van der Waals surface area contributed by atoms with Gasteiger partial charge in [0.2, 0.25) is 5.82 Å². The van der Waals surface area contributed by atoms with Crippen LogP contribution in [0.2, 0.25) is 0 Å². The van der Waals surface area contributed by atoms with Gasteiger partial charge < -0.3 is 9.47 Å². The fourth-order valence-electron chi connectivity index (χ4n) is 2.97. The molecule has 2 rings (SSSR count). The van der Waals surface area contributed by atoms with Crippen LogP contribution in [0, 0.1) is 40.9 Å². The number of rotatable bonds is 5. The lowest BCUT2D eigenvalue weighted by atomic mass is 9.79. The number of ether oxygens (including phenoxy) is 2. The van der Waals surface area contributed by atoms with E-state index in [9.17, 15) is 31.5 Å². The summed E-state index contributed by atoms with van der Waals surface area (Å²) in [6, 6.07) is 0. The van der Waals surface area contributed by atoms with Gasteiger partial charge in [-0.2, -0.15) is 0 Å². The normalized spacial score (nSPS) is 19.9. The molecule has 0 amide bonds. The first-order valence-corrected chi connectivity index (χ1v) is 8.13. The predicted octanol–water partition coefficient (Wildman–Crippen LogP) is 3.79. The van der Waals surface area contributed by atoms with Crippen LogP contribution in [0.5, 0.6) is 0 Å². The fourth-order valence-corrected chi connectivity index (χ4v) is 2.97. The maximum Gasteiger partial charge on any atom is 0.310 e. The predicted molar refractivity (Wildman–Crippen MR) is 78.1 cm³/mol. The van der Waals surface area contributed by atoms with Crippen LogP contribution in [0.25, 0.3) is 0 Å². The van der Waals surface area contributed by atoms with Gasteiger partial charge in [-0.3, -0.25) is 9.59 Å². The first-order chi connectivity index (χ1) is 12.3. The summed E-state index contributed by atoms with van der Waals surface area (Å²) < 4.78 is 76.2. The molecule has 2 unspecified atom stereocenters. The van der Waals surface area contributed by atoms with Gasteiger partial charge in [0.1, 0.15) is 6.61 Å². The molecule has 0 N–H and O–H groups in total. The molecule has 9 heteroatoms. The summed E-state index contributed by atoms with van der Waals surface area (Å²) in [6.07, 6.45) is 2.03. The van der Waals surface area contributed by atoms with Gasteiger partial charge in [-0.25, -0.2) is 22.0 Å². The number of hydrogen-bond donors (Lipinski definition) is 0. The highest BCUT2D eigenvalue weighted by Crippen LogP contribution is 2.32. The molecule has 0 bridgehead atoms. The van der Waals surface area contributed by atoms with Gasteiger partial charge in [0.15, 0.2) is 23.3 Å². The van der Waals surface area contributed by atoms with E-state index in [4.69, 9.17) is 9.47 Å². The van der Waals surface area contributed by atoms with E-state index in [2.05, 4.69) is 0 Å². The SMILES string of the molecule is CCOC(=O)C1CCCCC1C(=O)OCc1c(F)c(F)c(F)c(F)c1F. The van der Waals surface area contributed by atoms with Crippen LogP contribution in [0.4, 0.5) is 22.0 Å². The number of esters is 2. The Kier molecular flexibility index (Phi) is 6.55. The number of hydrogen-bond acceptors (Lipinski definition) is 4. The third-order valence-corrected chi connectivity index (χ3v) is 4.32. The summed E-state index contributed by atoms with van der Waals surface area (Å²) in [6.45, 7) is 0.607. The van der Waals surface area contributed by atoms with Crippen molar-refractivity contribution >= 4 is 11.9 Å². The summed E-state index contributed by atoms with van der Waals surface area (Å²) in [5, 5.41) is 0. The van der Waals surface area contributed by atoms with Crippen LogP contribution in [0.15, 0.2) is 0 Å². The topological polar surface area (TPSA) is 52.6 Å². The highest BCUT2D eigenvalue weighted by Gasteiger charge is 2.38. The minimum absolute atomic E-state index is 0.127. The lowest BCUT2D eigenvalue weighted by Gasteiger charge is -2.28. The molecule has 1 aliphatic carbocycles. The van der Waals surface area contributed by atoms with Gasteiger partial charge in [-0.15, -0.1) is 0 Å². The molecule has 0 aliphatic heterocycles. The standard InChI is InChI=1S/C17H17F5O4/c1-2-25-16(23)8-5-3-4-6-9(8)17(24)26-7-10-11(18)13(20)15(22)14(21)12(10)19/h8-9H,2-7H2,1H3. The van der Waals surface area contributed by atoms with Gasteiger partial charge in [-0.05, 0) is 19.8 Å². The summed E-state index contributed by atoms with van der Waals surface area (Å²) >= 11 is 0. The Morgan fingerprint density at radius 2 is 1.23 bits per heavy atom. The van der Waals surface area contributed by atoms with E-state index in [1.165, 1.54) is 0 Å². The lowest BCUT2D eigenvalue weighted by molar-refractivity contribution is -0.163. The second-order valence-corrected chi connectivity index (χ2v) is 5.91. The zero-order valence-corrected chi connectivity index (χ0v) is 13.9. The van der Waals surface area contributed by atoms with Crippen LogP contribution < -0.4 is 0 Å². The Labute approximate surface area is 146 Å². The van der Waals surface area contributed by atoms with Gasteiger partial charge in [0.05, 0.1) is 24.0 Å². The number of carbonyl (C=O) groups is 2. The minimum atomic E-state index is -2.29. The summed E-state index contributed by atoms with van der Waals surface area (Å²) in [5.74, 6) is -13.8. The average Bonchev–Trinajstić information content (AvgIpc) is 2.64. The summed E-state index contributed by atoms with van der Waals surface area (Å²) in [4.78, 5) is 24.1. The highest BCUT2D eigenvalue weighted by atomic mass is 19.2. The monoisotopic (exact) mass is 380 g/mol. The molecule has 144 valence electrons. The van der Waals surface area contributed by atoms with E-state index in [0.29, 0.717) is 25.7 Å². The third kappa shape index (κ3) is 3.96. The molecule has 1 saturated carbocycles. The first-order valence-electron chi connectivity index (χ1n) is 8.13. The van der Waals surface area contributed by atoms with Gasteiger partial charge in [0.25, 0.3) is 0 Å². The van der Waals surface area contributed by atoms with Crippen LogP contribution >= 0.6 is 0 Å². The van der Waals surface area contributed by atoms with Crippen LogP contribution in [-0.4, -0.2) is 18.5 Å². The van der Waals surface area contributed by atoms with Gasteiger partial charge in [0, 0.05) is 0 Å². The molecule has 1 aromatic carbocycles. The molecule has 0 saturated heterocycles. The molecule has 0 radical (unpaired) electrons. The molecular weight excluding hydrogens is 363 g/mol. The van der Waals surface area contributed by atoms with E-state index < -0.39 is 65.0 Å². The van der Waals surface area contributed by atoms with Crippen LogP contribution in [-0.2, 0) is 25.7 Å². The van der Waals surface area contributed by atoms with Gasteiger partial charge in [-0.1, -0.05) is 12.8 Å². The Bertz CT molecular complexity index is 678. The van der Waals surface area contributed by atoms with E-state index in [-0.39, 0.29) is 6.61 Å². The number of benzene rings is 1. The first kappa shape index (κ1) is 20.1. The summed E-state index contributed by atoms with van der Waals surface area (Å²) in [7, 11) is 0. The molecule has 0 aromatic heterocycles. The van der Waals surface area contributed by atoms with E-state index in [1.807, 2.05) is 0 Å². The third-order valence-electron chi connectivity index (χ3n) is 4.32. The van der Waals surface area contributed by atoms with Crippen molar-refractivity contribution in [2.24, 2.45) is 11.8 Å². The zero-order chi connectivity index (χ0) is 19.4. The number of halogens is 5. The van der Waals surface area contributed by atoms with Crippen molar-refractivity contribution in [2.75, 3.05) is 6.61 Å². The fraction of sp³-hybridized carbons (Fsp3) is 0.529. The minimum Gasteiger partial charge on any atom is -0.466 e. The average molecular weight is 380 g/mol. The van der Waals surface area contributed by atoms with Crippen LogP contribution in [0.1, 0.15) is 38.2 Å². The molecule has 2 atom stereocenters. The van der Waals surface area contributed by atoms with E-state index >= 15 is 0 Å². The Morgan fingerprint density at radius 3 is 1.69 bits per heavy atom. The molecular formula is C17H17F5O4.